The lowest BCUT2D eigenvalue weighted by atomic mass is 9.92. The summed E-state index contributed by atoms with van der Waals surface area (Å²) in [6.07, 6.45) is -4.84. The molecule has 30 heavy (non-hydrogen) atoms. The van der Waals surface area contributed by atoms with Crippen molar-refractivity contribution in [2.45, 2.75) is 18.8 Å². The quantitative estimate of drug-likeness (QED) is 0.569. The molecule has 1 heterocycles. The third-order valence-corrected chi connectivity index (χ3v) is 4.37. The normalized spacial score (nSPS) is 18.9. The molecule has 1 saturated heterocycles. The third kappa shape index (κ3) is 4.50. The van der Waals surface area contributed by atoms with Crippen LogP contribution in [-0.2, 0) is 15.1 Å². The highest BCUT2D eigenvalue weighted by Gasteiger charge is 2.49. The predicted octanol–water partition coefficient (Wildman–Crippen LogP) is 3.13. The number of hydrogen-bond acceptors (Lipinski definition) is 4. The molecule has 2 N–H and O–H groups in total. The van der Waals surface area contributed by atoms with Gasteiger partial charge in [0.05, 0.1) is 0 Å². The summed E-state index contributed by atoms with van der Waals surface area (Å²) in [6, 6.07) is 8.52. The molecule has 4 amide bonds. The van der Waals surface area contributed by atoms with Gasteiger partial charge in [0.2, 0.25) is 5.91 Å². The first-order chi connectivity index (χ1) is 14.0. The second-order valence-corrected chi connectivity index (χ2v) is 6.57. The van der Waals surface area contributed by atoms with Crippen LogP contribution < -0.4 is 15.4 Å². The minimum atomic E-state index is -4.84. The van der Waals surface area contributed by atoms with Crippen LogP contribution in [-0.4, -0.2) is 35.7 Å². The number of nitrogens with zero attached hydrogens (tertiary/aromatic N) is 1. The van der Waals surface area contributed by atoms with E-state index in [0.717, 1.165) is 24.3 Å². The van der Waals surface area contributed by atoms with Crippen LogP contribution in [0.4, 0.5) is 28.0 Å². The highest BCUT2D eigenvalue weighted by Crippen LogP contribution is 2.29. The molecule has 7 nitrogen and oxygen atoms in total. The molecule has 0 radical (unpaired) electrons. The number of anilines is 1. The molecule has 1 atom stereocenters. The molecule has 0 aliphatic carbocycles. The van der Waals surface area contributed by atoms with E-state index in [0.29, 0.717) is 10.5 Å². The second-order valence-electron chi connectivity index (χ2n) is 6.57. The number of amides is 4. The summed E-state index contributed by atoms with van der Waals surface area (Å²) in [5, 5.41) is 4.85. The number of nitrogens with one attached hydrogen (secondary N) is 2. The van der Waals surface area contributed by atoms with Crippen molar-refractivity contribution in [2.75, 3.05) is 11.9 Å². The van der Waals surface area contributed by atoms with Gasteiger partial charge in [0.15, 0.2) is 0 Å². The van der Waals surface area contributed by atoms with Crippen molar-refractivity contribution in [3.8, 4) is 5.75 Å². The van der Waals surface area contributed by atoms with Crippen molar-refractivity contribution in [1.82, 2.24) is 10.2 Å². The van der Waals surface area contributed by atoms with E-state index in [1.807, 2.05) is 0 Å². The molecular weight excluding hydrogens is 410 g/mol. The summed E-state index contributed by atoms with van der Waals surface area (Å²) in [7, 11) is 0. The van der Waals surface area contributed by atoms with E-state index in [-0.39, 0.29) is 5.69 Å². The summed E-state index contributed by atoms with van der Waals surface area (Å²) < 4.78 is 53.4. The van der Waals surface area contributed by atoms with Gasteiger partial charge in [0.25, 0.3) is 5.91 Å². The van der Waals surface area contributed by atoms with Gasteiger partial charge in [-0.25, -0.2) is 9.18 Å². The van der Waals surface area contributed by atoms with E-state index in [1.165, 1.54) is 31.2 Å². The highest BCUT2D eigenvalue weighted by molar-refractivity contribution is 6.10. The molecule has 2 aromatic carbocycles. The highest BCUT2D eigenvalue weighted by atomic mass is 19.4. The van der Waals surface area contributed by atoms with Gasteiger partial charge in [-0.05, 0) is 48.9 Å². The maximum absolute atomic E-state index is 13.1. The van der Waals surface area contributed by atoms with Gasteiger partial charge >= 0.3 is 12.4 Å². The Labute approximate surface area is 167 Å². The number of carbonyl (C=O) groups is 3. The summed E-state index contributed by atoms with van der Waals surface area (Å²) in [4.78, 5) is 37.9. The number of halogens is 4. The Bertz CT molecular complexity index is 977. The van der Waals surface area contributed by atoms with Crippen molar-refractivity contribution >= 4 is 23.5 Å². The minimum Gasteiger partial charge on any atom is -0.406 e. The van der Waals surface area contributed by atoms with E-state index < -0.39 is 47.9 Å². The lowest BCUT2D eigenvalue weighted by Crippen LogP contribution is -2.42. The molecule has 1 unspecified atom stereocenters. The molecule has 0 aromatic heterocycles. The van der Waals surface area contributed by atoms with Crippen molar-refractivity contribution in [2.24, 2.45) is 0 Å². The first-order valence-electron chi connectivity index (χ1n) is 8.54. The van der Waals surface area contributed by atoms with Crippen molar-refractivity contribution in [1.29, 1.82) is 0 Å². The first-order valence-corrected chi connectivity index (χ1v) is 8.54. The topological polar surface area (TPSA) is 87.7 Å². The molecular formula is C19H15F4N3O4. The Balaban J connectivity index is 1.66. The lowest BCUT2D eigenvalue weighted by Gasteiger charge is -2.22. The summed E-state index contributed by atoms with van der Waals surface area (Å²) >= 11 is 0. The van der Waals surface area contributed by atoms with Crippen LogP contribution >= 0.6 is 0 Å². The molecule has 1 aliphatic rings. The van der Waals surface area contributed by atoms with E-state index >= 15 is 0 Å². The van der Waals surface area contributed by atoms with E-state index in [4.69, 9.17) is 0 Å². The lowest BCUT2D eigenvalue weighted by molar-refractivity contribution is -0.274. The van der Waals surface area contributed by atoms with Crippen molar-refractivity contribution in [3.05, 3.63) is 59.9 Å². The Kier molecular flexibility index (Phi) is 5.38. The summed E-state index contributed by atoms with van der Waals surface area (Å²) in [5.74, 6) is -2.43. The van der Waals surface area contributed by atoms with Gasteiger partial charge < -0.3 is 15.4 Å². The molecule has 0 bridgehead atoms. The van der Waals surface area contributed by atoms with Crippen LogP contribution in [0.3, 0.4) is 0 Å². The average Bonchev–Trinajstić information content (AvgIpc) is 2.87. The fourth-order valence-electron chi connectivity index (χ4n) is 2.90. The molecule has 1 fully saturated rings. The van der Waals surface area contributed by atoms with Crippen LogP contribution in [0, 0.1) is 5.82 Å². The molecule has 0 spiro atoms. The fourth-order valence-corrected chi connectivity index (χ4v) is 2.90. The Morgan fingerprint density at radius 3 is 2.27 bits per heavy atom. The third-order valence-electron chi connectivity index (χ3n) is 4.37. The van der Waals surface area contributed by atoms with E-state index in [2.05, 4.69) is 15.4 Å². The van der Waals surface area contributed by atoms with Crippen LogP contribution in [0.5, 0.6) is 5.75 Å². The van der Waals surface area contributed by atoms with Crippen LogP contribution in [0.1, 0.15) is 12.5 Å². The molecule has 11 heteroatoms. The Morgan fingerprint density at radius 1 is 1.10 bits per heavy atom. The van der Waals surface area contributed by atoms with Crippen LogP contribution in [0.15, 0.2) is 48.5 Å². The van der Waals surface area contributed by atoms with E-state index in [9.17, 15) is 31.9 Å². The zero-order valence-corrected chi connectivity index (χ0v) is 15.4. The van der Waals surface area contributed by atoms with E-state index in [1.54, 1.807) is 0 Å². The number of benzene rings is 2. The monoisotopic (exact) mass is 425 g/mol. The number of hydrogen-bond donors (Lipinski definition) is 2. The smallest absolute Gasteiger partial charge is 0.406 e. The van der Waals surface area contributed by atoms with Gasteiger partial charge in [-0.2, -0.15) is 0 Å². The maximum Gasteiger partial charge on any atom is 0.573 e. The van der Waals surface area contributed by atoms with Gasteiger partial charge in [-0.3, -0.25) is 14.5 Å². The van der Waals surface area contributed by atoms with Gasteiger partial charge in [0, 0.05) is 5.69 Å². The van der Waals surface area contributed by atoms with Crippen molar-refractivity contribution in [3.63, 3.8) is 0 Å². The molecule has 1 aliphatic heterocycles. The van der Waals surface area contributed by atoms with Crippen LogP contribution in [0.25, 0.3) is 0 Å². The number of ether oxygens (including phenoxy) is 1. The Morgan fingerprint density at radius 2 is 1.70 bits per heavy atom. The SMILES string of the molecule is CC1(c2ccc(F)cc2)NC(=O)N(CC(=O)Nc2ccc(OC(F)(F)F)cc2)C1=O. The molecule has 3 rings (SSSR count). The first kappa shape index (κ1) is 21.1. The molecule has 0 saturated carbocycles. The Hall–Kier alpha value is -3.63. The largest absolute Gasteiger partial charge is 0.573 e. The summed E-state index contributed by atoms with van der Waals surface area (Å²) in [6.45, 7) is 0.806. The van der Waals surface area contributed by atoms with Gasteiger partial charge in [0.1, 0.15) is 23.7 Å². The maximum atomic E-state index is 13.1. The number of imide groups is 1. The number of carbonyl (C=O) groups excluding carboxylic acids is 3. The number of urea groups is 1. The van der Waals surface area contributed by atoms with Gasteiger partial charge in [-0.15, -0.1) is 13.2 Å². The van der Waals surface area contributed by atoms with Crippen molar-refractivity contribution < 1.29 is 36.7 Å². The average molecular weight is 425 g/mol. The zero-order chi connectivity index (χ0) is 22.1. The van der Waals surface area contributed by atoms with Crippen LogP contribution in [0.2, 0.25) is 0 Å². The molecule has 2 aromatic rings. The van der Waals surface area contributed by atoms with Gasteiger partial charge in [-0.1, -0.05) is 12.1 Å². The zero-order valence-electron chi connectivity index (χ0n) is 15.4. The molecule has 158 valence electrons. The standard InChI is InChI=1S/C19H15F4N3O4/c1-18(11-2-4-12(20)5-3-11)16(28)26(17(29)25-18)10-15(27)24-13-6-8-14(9-7-13)30-19(21,22)23/h2-9H,10H2,1H3,(H,24,27)(H,25,29). The predicted molar refractivity (Wildman–Crippen MR) is 95.8 cm³/mol. The minimum absolute atomic E-state index is 0.142. The summed E-state index contributed by atoms with van der Waals surface area (Å²) in [5.41, 5.74) is -0.991. The fraction of sp³-hybridized carbons (Fsp3) is 0.211. The number of alkyl halides is 3. The second kappa shape index (κ2) is 7.65. The number of rotatable bonds is 5.